The van der Waals surface area contributed by atoms with Crippen LogP contribution >= 0.6 is 0 Å². The Labute approximate surface area is 234 Å². The molecule has 2 N–H and O–H groups in total. The Bertz CT molecular complexity index is 1240. The molecule has 13 heteroatoms. The first kappa shape index (κ1) is 27.7. The fourth-order valence-electron chi connectivity index (χ4n) is 4.70. The van der Waals surface area contributed by atoms with Gasteiger partial charge < -0.3 is 24.4 Å². The van der Waals surface area contributed by atoms with Crippen LogP contribution in [-0.2, 0) is 4.74 Å². The maximum atomic E-state index is 13.1. The van der Waals surface area contributed by atoms with E-state index >= 15 is 0 Å². The molecule has 0 saturated carbocycles. The van der Waals surface area contributed by atoms with Gasteiger partial charge in [-0.15, -0.1) is 0 Å². The molecule has 4 heterocycles. The zero-order chi connectivity index (χ0) is 27.9. The molecule has 3 aliphatic heterocycles. The fourth-order valence-corrected chi connectivity index (χ4v) is 4.70. The second-order valence-electron chi connectivity index (χ2n) is 9.92. The van der Waals surface area contributed by atoms with Crippen LogP contribution in [0.25, 0.3) is 0 Å². The number of fused-ring (bicyclic) bond motifs is 3. The third kappa shape index (κ3) is 6.49. The number of amides is 1. The number of nitrogens with zero attached hydrogens (tertiary/aromatic N) is 7. The summed E-state index contributed by atoms with van der Waals surface area (Å²) >= 11 is 0. The maximum Gasteiger partial charge on any atom is 0.261 e. The number of benzene rings is 1. The molecule has 1 aromatic carbocycles. The van der Waals surface area contributed by atoms with Crippen LogP contribution in [0, 0.1) is 0 Å². The third-order valence-corrected chi connectivity index (χ3v) is 6.82. The smallest absolute Gasteiger partial charge is 0.261 e. The summed E-state index contributed by atoms with van der Waals surface area (Å²) in [7, 11) is 5.59. The molecule has 1 amide bonds. The van der Waals surface area contributed by atoms with E-state index in [0.717, 1.165) is 57.2 Å². The molecule has 0 bridgehead atoms. The van der Waals surface area contributed by atoms with Crippen LogP contribution in [0.4, 0.5) is 11.6 Å². The van der Waals surface area contributed by atoms with Crippen LogP contribution < -0.4 is 20.1 Å². The highest BCUT2D eigenvalue weighted by molar-refractivity contribution is 6.20. The van der Waals surface area contributed by atoms with E-state index in [-0.39, 0.29) is 5.91 Å². The fraction of sp³-hybridized carbons (Fsp3) is 0.519. The topological polar surface area (TPSA) is 129 Å². The molecule has 40 heavy (non-hydrogen) atoms. The first-order chi connectivity index (χ1) is 19.5. The second-order valence-corrected chi connectivity index (χ2v) is 9.92. The average Bonchev–Trinajstić information content (AvgIpc) is 3.47. The van der Waals surface area contributed by atoms with Crippen molar-refractivity contribution >= 4 is 29.3 Å². The van der Waals surface area contributed by atoms with Crippen LogP contribution in [0.3, 0.4) is 0 Å². The molecule has 0 radical (unpaired) electrons. The Morgan fingerprint density at radius 3 is 2.70 bits per heavy atom. The van der Waals surface area contributed by atoms with Gasteiger partial charge in [0.1, 0.15) is 11.5 Å². The lowest BCUT2D eigenvalue weighted by molar-refractivity contribution is 0.0357. The molecule has 0 atom stereocenters. The number of rotatable bonds is 11. The number of guanidine groups is 1. The normalized spacial score (nSPS) is 16.6. The van der Waals surface area contributed by atoms with Crippen LogP contribution in [0.1, 0.15) is 22.3 Å². The standard InChI is InChI=1S/C27H37N9O4/c1-34(2)10-7-29-26-30-17-19(18-31-26)25(37)33-27-32-22-20(24-28-8-11-36(24)27)5-6-21(23(22)38-3)40-14-4-9-35-12-15-39-16-13-35/h5-6,17-18H,4,7-16H2,1-3H3,(H,29,30,31)(H,32,33,37). The predicted molar refractivity (Wildman–Crippen MR) is 152 cm³/mol. The van der Waals surface area contributed by atoms with Gasteiger partial charge in [0.2, 0.25) is 11.9 Å². The van der Waals surface area contributed by atoms with E-state index in [1.54, 1.807) is 7.11 Å². The zero-order valence-corrected chi connectivity index (χ0v) is 23.4. The van der Waals surface area contributed by atoms with E-state index in [0.29, 0.717) is 60.9 Å². The molecule has 214 valence electrons. The summed E-state index contributed by atoms with van der Waals surface area (Å²) < 4.78 is 17.3. The minimum atomic E-state index is -0.359. The number of ether oxygens (including phenoxy) is 3. The summed E-state index contributed by atoms with van der Waals surface area (Å²) in [5.74, 6) is 2.36. The zero-order valence-electron chi connectivity index (χ0n) is 23.4. The molecular formula is C27H37N9O4. The van der Waals surface area contributed by atoms with Gasteiger partial charge >= 0.3 is 0 Å². The van der Waals surface area contributed by atoms with Gasteiger partial charge in [0, 0.05) is 57.2 Å². The number of carbonyl (C=O) groups excluding carboxylic acids is 1. The summed E-state index contributed by atoms with van der Waals surface area (Å²) in [6, 6.07) is 3.85. The number of methoxy groups -OCH3 is 1. The Morgan fingerprint density at radius 2 is 1.95 bits per heavy atom. The molecule has 0 spiro atoms. The Balaban J connectivity index is 1.28. The monoisotopic (exact) mass is 551 g/mol. The van der Waals surface area contributed by atoms with E-state index in [1.807, 2.05) is 31.1 Å². The van der Waals surface area contributed by atoms with Gasteiger partial charge in [-0.1, -0.05) is 0 Å². The molecule has 2 aromatic rings. The highest BCUT2D eigenvalue weighted by Gasteiger charge is 2.33. The van der Waals surface area contributed by atoms with Gasteiger partial charge in [-0.05, 0) is 32.6 Å². The number of aromatic nitrogens is 2. The minimum absolute atomic E-state index is 0.327. The van der Waals surface area contributed by atoms with Gasteiger partial charge in [0.25, 0.3) is 5.91 Å². The molecule has 13 nitrogen and oxygen atoms in total. The van der Waals surface area contributed by atoms with Crippen molar-refractivity contribution in [1.29, 1.82) is 0 Å². The van der Waals surface area contributed by atoms with Crippen molar-refractivity contribution in [2.24, 2.45) is 9.98 Å². The number of carbonyl (C=O) groups is 1. The van der Waals surface area contributed by atoms with Crippen molar-refractivity contribution in [3.63, 3.8) is 0 Å². The summed E-state index contributed by atoms with van der Waals surface area (Å²) in [4.78, 5) is 37.5. The Hall–Kier alpha value is -3.81. The quantitative estimate of drug-likeness (QED) is 0.391. The SMILES string of the molecule is COc1c(OCCCN2CCOCC2)ccc2c1N=C(NC(=O)c1cnc(NCCN(C)C)nc1)N1CCN=C21. The maximum absolute atomic E-state index is 13.1. The summed E-state index contributed by atoms with van der Waals surface area (Å²) in [6.07, 6.45) is 3.89. The number of amidine groups is 1. The van der Waals surface area contributed by atoms with Gasteiger partial charge in [0.15, 0.2) is 11.5 Å². The van der Waals surface area contributed by atoms with Crippen LogP contribution in [0.5, 0.6) is 11.5 Å². The van der Waals surface area contributed by atoms with E-state index in [4.69, 9.17) is 19.2 Å². The average molecular weight is 552 g/mol. The number of anilines is 1. The molecular weight excluding hydrogens is 514 g/mol. The van der Waals surface area contributed by atoms with Crippen LogP contribution in [0.2, 0.25) is 0 Å². The molecule has 1 aromatic heterocycles. The van der Waals surface area contributed by atoms with Gasteiger partial charge in [0.05, 0.1) is 39.0 Å². The molecule has 5 rings (SSSR count). The van der Waals surface area contributed by atoms with Gasteiger partial charge in [-0.2, -0.15) is 0 Å². The van der Waals surface area contributed by atoms with Gasteiger partial charge in [-0.25, -0.2) is 15.0 Å². The molecule has 0 aliphatic carbocycles. The number of likely N-dealkylation sites (N-methyl/N-ethyl adjacent to an activating group) is 1. The lowest BCUT2D eigenvalue weighted by Crippen LogP contribution is -2.47. The van der Waals surface area contributed by atoms with Crippen molar-refractivity contribution in [2.45, 2.75) is 6.42 Å². The van der Waals surface area contributed by atoms with Crippen molar-refractivity contribution in [3.05, 3.63) is 35.7 Å². The largest absolute Gasteiger partial charge is 0.491 e. The van der Waals surface area contributed by atoms with E-state index in [2.05, 4.69) is 35.4 Å². The number of hydrogen-bond donors (Lipinski definition) is 2. The second kappa shape index (κ2) is 13.0. The molecule has 1 fully saturated rings. The Kier molecular flexibility index (Phi) is 9.04. The van der Waals surface area contributed by atoms with Crippen LogP contribution in [0.15, 0.2) is 34.5 Å². The highest BCUT2D eigenvalue weighted by Crippen LogP contribution is 2.43. The van der Waals surface area contributed by atoms with Crippen molar-refractivity contribution < 1.29 is 19.0 Å². The first-order valence-electron chi connectivity index (χ1n) is 13.6. The van der Waals surface area contributed by atoms with Crippen molar-refractivity contribution in [2.75, 3.05) is 92.2 Å². The van der Waals surface area contributed by atoms with Crippen LogP contribution in [-0.4, -0.2) is 129 Å². The van der Waals surface area contributed by atoms with E-state index in [9.17, 15) is 4.79 Å². The number of nitrogens with one attached hydrogen (secondary N) is 2. The minimum Gasteiger partial charge on any atom is -0.491 e. The predicted octanol–water partition coefficient (Wildman–Crippen LogP) is 1.05. The Morgan fingerprint density at radius 1 is 1.15 bits per heavy atom. The number of hydrogen-bond acceptors (Lipinski definition) is 12. The molecule has 3 aliphatic rings. The summed E-state index contributed by atoms with van der Waals surface area (Å²) in [5.41, 5.74) is 1.75. The molecule has 1 saturated heterocycles. The summed E-state index contributed by atoms with van der Waals surface area (Å²) in [6.45, 7) is 7.73. The van der Waals surface area contributed by atoms with Gasteiger partial charge in [-0.3, -0.25) is 24.9 Å². The van der Waals surface area contributed by atoms with Crippen molar-refractivity contribution in [3.8, 4) is 11.5 Å². The molecule has 0 unspecified atom stereocenters. The lowest BCUT2D eigenvalue weighted by atomic mass is 10.1. The first-order valence-corrected chi connectivity index (χ1v) is 13.6. The number of morpholine rings is 1. The third-order valence-electron chi connectivity index (χ3n) is 6.82. The number of aliphatic imine (C=N–C) groups is 2. The highest BCUT2D eigenvalue weighted by atomic mass is 16.5. The van der Waals surface area contributed by atoms with E-state index in [1.165, 1.54) is 12.4 Å². The lowest BCUT2D eigenvalue weighted by Gasteiger charge is -2.28. The van der Waals surface area contributed by atoms with E-state index < -0.39 is 0 Å². The van der Waals surface area contributed by atoms with Crippen molar-refractivity contribution in [1.82, 2.24) is 30.0 Å². The summed E-state index contributed by atoms with van der Waals surface area (Å²) in [5, 5.41) is 6.06.